The maximum Gasteiger partial charge on any atom is 0.280 e. The summed E-state index contributed by atoms with van der Waals surface area (Å²) in [5.41, 5.74) is 40.5. The zero-order chi connectivity index (χ0) is 36.7. The summed E-state index contributed by atoms with van der Waals surface area (Å²) in [6.07, 6.45) is 7.41. The van der Waals surface area contributed by atoms with Crippen LogP contribution >= 0.6 is 11.6 Å². The molecule has 18 heteroatoms. The highest BCUT2D eigenvalue weighted by atomic mass is 35.5. The van der Waals surface area contributed by atoms with Crippen LogP contribution in [0.3, 0.4) is 0 Å². The second kappa shape index (κ2) is 23.8. The van der Waals surface area contributed by atoms with Crippen LogP contribution in [-0.2, 0) is 11.2 Å². The van der Waals surface area contributed by atoms with E-state index in [2.05, 4.69) is 35.5 Å². The van der Waals surface area contributed by atoms with Crippen molar-refractivity contribution in [2.45, 2.75) is 63.8 Å². The summed E-state index contributed by atoms with van der Waals surface area (Å²) in [5, 5.41) is 5.24. The number of aryl methyl sites for hydroxylation is 1. The maximum atomic E-state index is 12.4. The Balaban J connectivity index is 1.63. The third-order valence-corrected chi connectivity index (χ3v) is 7.83. The molecule has 1 aromatic carbocycles. The lowest BCUT2D eigenvalue weighted by Crippen LogP contribution is -2.41. The number of nitrogens with one attached hydrogen (secondary N) is 2. The van der Waals surface area contributed by atoms with Gasteiger partial charge in [0, 0.05) is 26.2 Å². The SMILES string of the molecule is NCCCN(CCCNC(=O)[C@@H](N)CCCCCN=C(N)N)CCOc1ccc(CCCCN=C(N)NC(=O)c2nc(Cl)c(N)nc2N)cc1. The van der Waals surface area contributed by atoms with Crippen molar-refractivity contribution in [2.75, 3.05) is 63.9 Å². The quantitative estimate of drug-likeness (QED) is 0.0394. The first-order chi connectivity index (χ1) is 24.0. The van der Waals surface area contributed by atoms with Gasteiger partial charge in [-0.1, -0.05) is 36.6 Å². The number of unbranched alkanes of at least 4 members (excludes halogenated alkanes) is 3. The van der Waals surface area contributed by atoms with Gasteiger partial charge in [0.1, 0.15) is 12.4 Å². The number of guanidine groups is 2. The lowest BCUT2D eigenvalue weighted by molar-refractivity contribution is -0.122. The molecule has 2 rings (SSSR count). The van der Waals surface area contributed by atoms with E-state index in [4.69, 9.17) is 56.5 Å². The Morgan fingerprint density at radius 2 is 1.58 bits per heavy atom. The van der Waals surface area contributed by atoms with Gasteiger partial charge >= 0.3 is 0 Å². The molecule has 278 valence electrons. The number of rotatable bonds is 24. The molecule has 0 spiro atoms. The van der Waals surface area contributed by atoms with Crippen molar-refractivity contribution >= 4 is 47.0 Å². The number of aromatic nitrogens is 2. The molecule has 0 saturated heterocycles. The van der Waals surface area contributed by atoms with E-state index in [9.17, 15) is 9.59 Å². The Labute approximate surface area is 299 Å². The van der Waals surface area contributed by atoms with Gasteiger partial charge < -0.3 is 50.2 Å². The van der Waals surface area contributed by atoms with Crippen LogP contribution in [0.1, 0.15) is 67.4 Å². The van der Waals surface area contributed by atoms with Crippen LogP contribution in [-0.4, -0.2) is 97.1 Å². The topological polar surface area (TPSA) is 303 Å². The first-order valence-corrected chi connectivity index (χ1v) is 17.3. The smallest absolute Gasteiger partial charge is 0.280 e. The van der Waals surface area contributed by atoms with Crippen LogP contribution < -0.4 is 55.5 Å². The standard InChI is InChI=1S/C32H55ClN14O3/c33-26-28(37)45-27(36)25(44-26)30(49)46-32(40)43-16-5-3-8-22-10-12-23(13-11-22)50-21-20-47(18-6-14-34)19-7-17-41-29(48)24(35)9-2-1-4-15-42-31(38)39/h10-13,24H,1-9,14-21,34-35H2,(H,41,48)(H4,36,37,45)(H4,38,39,42)(H3,40,43,46,49)/t24-/m0/s1. The van der Waals surface area contributed by atoms with Gasteiger partial charge in [0.2, 0.25) is 5.91 Å². The first-order valence-electron chi connectivity index (χ1n) is 16.9. The highest BCUT2D eigenvalue weighted by Crippen LogP contribution is 2.17. The fraction of sp³-hybridized carbons (Fsp3) is 0.562. The minimum absolute atomic E-state index is 0.0563. The number of ether oxygens (including phenoxy) is 1. The number of halogens is 1. The minimum Gasteiger partial charge on any atom is -0.492 e. The Morgan fingerprint density at radius 1 is 0.880 bits per heavy atom. The second-order valence-corrected chi connectivity index (χ2v) is 12.1. The first kappa shape index (κ1) is 41.7. The molecule has 16 N–H and O–H groups in total. The van der Waals surface area contributed by atoms with Crippen molar-refractivity contribution in [2.24, 2.45) is 38.7 Å². The predicted molar refractivity (Wildman–Crippen MR) is 200 cm³/mol. The fourth-order valence-electron chi connectivity index (χ4n) is 4.80. The molecular weight excluding hydrogens is 664 g/mol. The van der Waals surface area contributed by atoms with Gasteiger partial charge in [-0.3, -0.25) is 29.8 Å². The van der Waals surface area contributed by atoms with Crippen LogP contribution in [0.25, 0.3) is 0 Å². The molecule has 50 heavy (non-hydrogen) atoms. The third-order valence-electron chi connectivity index (χ3n) is 7.55. The van der Waals surface area contributed by atoms with E-state index < -0.39 is 11.9 Å². The summed E-state index contributed by atoms with van der Waals surface area (Å²) in [7, 11) is 0. The van der Waals surface area contributed by atoms with Crippen molar-refractivity contribution in [1.29, 1.82) is 0 Å². The Bertz CT molecular complexity index is 1370. The van der Waals surface area contributed by atoms with E-state index in [1.165, 1.54) is 5.56 Å². The number of benzene rings is 1. The van der Waals surface area contributed by atoms with Gasteiger partial charge in [0.25, 0.3) is 5.91 Å². The molecule has 17 nitrogen and oxygen atoms in total. The minimum atomic E-state index is -0.675. The van der Waals surface area contributed by atoms with E-state index in [0.29, 0.717) is 39.2 Å². The molecule has 0 aliphatic rings. The summed E-state index contributed by atoms with van der Waals surface area (Å²) in [6.45, 7) is 5.13. The molecule has 0 radical (unpaired) electrons. The Kier molecular flexibility index (Phi) is 19.9. The molecule has 0 unspecified atom stereocenters. The third kappa shape index (κ3) is 17.3. The molecule has 1 atom stereocenters. The fourth-order valence-corrected chi connectivity index (χ4v) is 4.92. The summed E-state index contributed by atoms with van der Waals surface area (Å²) in [6, 6.07) is 7.49. The molecule has 0 aliphatic carbocycles. The summed E-state index contributed by atoms with van der Waals surface area (Å²) >= 11 is 5.82. The number of aliphatic imine (C=N–C) groups is 2. The number of nitrogens with zero attached hydrogens (tertiary/aromatic N) is 5. The molecule has 2 aromatic rings. The molecule has 0 bridgehead atoms. The van der Waals surface area contributed by atoms with Gasteiger partial charge in [-0.25, -0.2) is 9.97 Å². The van der Waals surface area contributed by atoms with Crippen molar-refractivity contribution in [3.8, 4) is 5.75 Å². The second-order valence-electron chi connectivity index (χ2n) is 11.7. The predicted octanol–water partition coefficient (Wildman–Crippen LogP) is 0.0588. The number of carbonyl (C=O) groups is 2. The van der Waals surface area contributed by atoms with Crippen molar-refractivity contribution in [3.05, 3.63) is 40.7 Å². The van der Waals surface area contributed by atoms with Gasteiger partial charge in [0.05, 0.1) is 6.04 Å². The highest BCUT2D eigenvalue weighted by Gasteiger charge is 2.17. The Morgan fingerprint density at radius 3 is 2.30 bits per heavy atom. The van der Waals surface area contributed by atoms with Gasteiger partial charge in [-0.05, 0) is 82.3 Å². The van der Waals surface area contributed by atoms with Crippen LogP contribution in [0.4, 0.5) is 11.6 Å². The number of anilines is 2. The van der Waals surface area contributed by atoms with Gasteiger partial charge in [-0.15, -0.1) is 0 Å². The summed E-state index contributed by atoms with van der Waals surface area (Å²) < 4.78 is 6.00. The summed E-state index contributed by atoms with van der Waals surface area (Å²) in [5.74, 6) is -0.194. The van der Waals surface area contributed by atoms with Crippen molar-refractivity contribution < 1.29 is 14.3 Å². The monoisotopic (exact) mass is 718 g/mol. The zero-order valence-electron chi connectivity index (χ0n) is 28.8. The van der Waals surface area contributed by atoms with Crippen LogP contribution in [0.2, 0.25) is 5.15 Å². The molecule has 0 fully saturated rings. The summed E-state index contributed by atoms with van der Waals surface area (Å²) in [4.78, 5) is 42.7. The van der Waals surface area contributed by atoms with E-state index in [1.807, 2.05) is 24.3 Å². The number of hydrogen-bond donors (Lipinski definition) is 9. The van der Waals surface area contributed by atoms with Crippen molar-refractivity contribution in [3.63, 3.8) is 0 Å². The zero-order valence-corrected chi connectivity index (χ0v) is 29.5. The van der Waals surface area contributed by atoms with E-state index in [-0.39, 0.29) is 40.3 Å². The number of hydrogen-bond acceptors (Lipinski definition) is 12. The number of carbonyl (C=O) groups excluding carboxylic acids is 2. The number of amides is 2. The average Bonchev–Trinajstić information content (AvgIpc) is 3.08. The Hall–Kier alpha value is -4.45. The lowest BCUT2D eigenvalue weighted by Gasteiger charge is -2.22. The normalized spacial score (nSPS) is 12.0. The van der Waals surface area contributed by atoms with Gasteiger partial charge in [-0.2, -0.15) is 0 Å². The molecule has 1 heterocycles. The molecule has 1 aromatic heterocycles. The van der Waals surface area contributed by atoms with E-state index in [0.717, 1.165) is 76.8 Å². The molecule has 0 aliphatic heterocycles. The van der Waals surface area contributed by atoms with Crippen molar-refractivity contribution in [1.82, 2.24) is 25.5 Å². The average molecular weight is 719 g/mol. The largest absolute Gasteiger partial charge is 0.492 e. The molecular formula is C32H55ClN14O3. The number of nitrogen functional groups attached to an aromatic ring is 2. The van der Waals surface area contributed by atoms with Gasteiger partial charge in [0.15, 0.2) is 34.4 Å². The number of nitrogens with two attached hydrogens (primary N) is 7. The van der Waals surface area contributed by atoms with Crippen LogP contribution in [0.5, 0.6) is 5.75 Å². The van der Waals surface area contributed by atoms with E-state index in [1.54, 1.807) is 0 Å². The van der Waals surface area contributed by atoms with Crippen LogP contribution in [0.15, 0.2) is 34.3 Å². The van der Waals surface area contributed by atoms with E-state index >= 15 is 0 Å². The highest BCUT2D eigenvalue weighted by molar-refractivity contribution is 6.31. The molecule has 2 amide bonds. The van der Waals surface area contributed by atoms with Crippen LogP contribution in [0, 0.1) is 0 Å². The maximum absolute atomic E-state index is 12.4. The lowest BCUT2D eigenvalue weighted by atomic mass is 10.1. The molecule has 0 saturated carbocycles.